The molecule has 0 nitrogen and oxygen atoms in total. The van der Waals surface area contributed by atoms with E-state index in [-0.39, 0.29) is 0 Å². The molecule has 0 saturated carbocycles. The molecule has 0 atom stereocenters. The lowest BCUT2D eigenvalue weighted by Gasteiger charge is -1.90. The molecule has 9 heavy (non-hydrogen) atoms. The summed E-state index contributed by atoms with van der Waals surface area (Å²) >= 11 is 0. The summed E-state index contributed by atoms with van der Waals surface area (Å²) in [7, 11) is 0. The molecule has 0 fully saturated rings. The Bertz CT molecular complexity index is 92.3. The highest BCUT2D eigenvalue weighted by molar-refractivity contribution is 5.00. The van der Waals surface area contributed by atoms with E-state index in [9.17, 15) is 0 Å². The van der Waals surface area contributed by atoms with Gasteiger partial charge < -0.3 is 0 Å². The Kier molecular flexibility index (Phi) is 7.19. The first-order valence-corrected chi connectivity index (χ1v) is 3.46. The van der Waals surface area contributed by atoms with Gasteiger partial charge in [-0.3, -0.25) is 0 Å². The topological polar surface area (TPSA) is 0 Å². The highest BCUT2D eigenvalue weighted by Gasteiger charge is 1.82. The van der Waals surface area contributed by atoms with Gasteiger partial charge in [0.25, 0.3) is 0 Å². The fourth-order valence-electron chi connectivity index (χ4n) is 0.655. The van der Waals surface area contributed by atoms with Crippen LogP contribution < -0.4 is 0 Å². The van der Waals surface area contributed by atoms with Crippen molar-refractivity contribution < 1.29 is 0 Å². The van der Waals surface area contributed by atoms with Crippen molar-refractivity contribution in [3.8, 4) is 11.8 Å². The summed E-state index contributed by atoms with van der Waals surface area (Å²) in [5.74, 6) is 5.55. The maximum atomic E-state index is 3.76. The van der Waals surface area contributed by atoms with E-state index in [4.69, 9.17) is 0 Å². The smallest absolute Gasteiger partial charge is 0.0198 e. The van der Waals surface area contributed by atoms with Gasteiger partial charge in [0.15, 0.2) is 0 Å². The van der Waals surface area contributed by atoms with E-state index in [0.717, 1.165) is 12.8 Å². The molecule has 2 radical (unpaired) electrons. The van der Waals surface area contributed by atoms with E-state index in [1.54, 1.807) is 0 Å². The molecule has 0 unspecified atom stereocenters. The highest BCUT2D eigenvalue weighted by Crippen LogP contribution is 2.00. The van der Waals surface area contributed by atoms with Gasteiger partial charge in [-0.05, 0) is 6.42 Å². The van der Waals surface area contributed by atoms with Gasteiger partial charge in [-0.15, -0.1) is 11.8 Å². The second kappa shape index (κ2) is 7.56. The van der Waals surface area contributed by atoms with Crippen LogP contribution in [-0.2, 0) is 0 Å². The molecule has 0 saturated heterocycles. The van der Waals surface area contributed by atoms with Crippen LogP contribution in [0.15, 0.2) is 0 Å². The summed E-state index contributed by atoms with van der Waals surface area (Å²) in [6.07, 6.45) is 5.76. The summed E-state index contributed by atoms with van der Waals surface area (Å²) in [6, 6.07) is 0. The van der Waals surface area contributed by atoms with Crippen LogP contribution >= 0.6 is 0 Å². The highest BCUT2D eigenvalue weighted by atomic mass is 13.9. The Morgan fingerprint density at radius 1 is 1.11 bits per heavy atom. The molecular formula is C9H14. The summed E-state index contributed by atoms with van der Waals surface area (Å²) in [5.41, 5.74) is 0. The third-order valence-corrected chi connectivity index (χ3v) is 1.18. The third-order valence-electron chi connectivity index (χ3n) is 1.18. The first kappa shape index (κ1) is 8.56. The number of hydrogen-bond acceptors (Lipinski definition) is 0. The standard InChI is InChI=1S/C9H14/c1-3-5-7-9-8-6-4-2/h1-3,5,7-9H2. The lowest BCUT2D eigenvalue weighted by Crippen LogP contribution is -1.73. The Balaban J connectivity index is 2.80. The van der Waals surface area contributed by atoms with Gasteiger partial charge in [0, 0.05) is 13.3 Å². The predicted molar refractivity (Wildman–Crippen MR) is 41.6 cm³/mol. The van der Waals surface area contributed by atoms with Crippen molar-refractivity contribution in [3.05, 3.63) is 13.8 Å². The second-order valence-electron chi connectivity index (χ2n) is 2.02. The predicted octanol–water partition coefficient (Wildman–Crippen LogP) is 2.61. The lowest BCUT2D eigenvalue weighted by atomic mass is 10.2. The van der Waals surface area contributed by atoms with E-state index < -0.39 is 0 Å². The van der Waals surface area contributed by atoms with Crippen molar-refractivity contribution in [3.63, 3.8) is 0 Å². The average molecular weight is 122 g/mol. The van der Waals surface area contributed by atoms with Gasteiger partial charge in [-0.25, -0.2) is 0 Å². The third kappa shape index (κ3) is 7.56. The molecule has 0 aliphatic heterocycles. The van der Waals surface area contributed by atoms with Gasteiger partial charge in [0.1, 0.15) is 0 Å². The molecule has 0 rings (SSSR count). The van der Waals surface area contributed by atoms with Crippen LogP contribution in [0.4, 0.5) is 0 Å². The molecule has 0 aliphatic carbocycles. The zero-order valence-corrected chi connectivity index (χ0v) is 5.95. The monoisotopic (exact) mass is 122 g/mol. The summed E-state index contributed by atoms with van der Waals surface area (Å²) < 4.78 is 0. The van der Waals surface area contributed by atoms with Crippen molar-refractivity contribution in [2.45, 2.75) is 32.1 Å². The fourth-order valence-corrected chi connectivity index (χ4v) is 0.655. The zero-order chi connectivity index (χ0) is 6.95. The molecule has 0 heterocycles. The average Bonchev–Trinajstić information content (AvgIpc) is 1.89. The first-order valence-electron chi connectivity index (χ1n) is 3.46. The van der Waals surface area contributed by atoms with Crippen LogP contribution in [0.2, 0.25) is 0 Å². The summed E-state index contributed by atoms with van der Waals surface area (Å²) in [5, 5.41) is 0. The summed E-state index contributed by atoms with van der Waals surface area (Å²) in [6.45, 7) is 7.19. The van der Waals surface area contributed by atoms with E-state index in [0.29, 0.717) is 0 Å². The summed E-state index contributed by atoms with van der Waals surface area (Å²) in [4.78, 5) is 0. The van der Waals surface area contributed by atoms with Crippen LogP contribution in [0.5, 0.6) is 0 Å². The Morgan fingerprint density at radius 2 is 1.89 bits per heavy atom. The van der Waals surface area contributed by atoms with Crippen LogP contribution in [0, 0.1) is 25.7 Å². The lowest BCUT2D eigenvalue weighted by molar-refractivity contribution is 0.701. The normalized spacial score (nSPS) is 8.22. The molecule has 50 valence electrons. The second-order valence-corrected chi connectivity index (χ2v) is 2.02. The maximum Gasteiger partial charge on any atom is 0.0198 e. The largest absolute Gasteiger partial charge is 0.103 e. The number of hydrogen-bond donors (Lipinski definition) is 0. The fraction of sp³-hybridized carbons (Fsp3) is 0.556. The van der Waals surface area contributed by atoms with E-state index in [1.807, 2.05) is 0 Å². The molecule has 0 aromatic rings. The molecule has 0 aromatic carbocycles. The minimum absolute atomic E-state index is 1.00. The van der Waals surface area contributed by atoms with Crippen molar-refractivity contribution in [1.29, 1.82) is 0 Å². The number of unbranched alkanes of at least 4 members (excludes halogenated alkanes) is 4. The van der Waals surface area contributed by atoms with Gasteiger partial charge in [-0.2, -0.15) is 0 Å². The minimum Gasteiger partial charge on any atom is -0.103 e. The molecule has 0 N–H and O–H groups in total. The number of rotatable bonds is 4. The van der Waals surface area contributed by atoms with E-state index in [2.05, 4.69) is 25.7 Å². The zero-order valence-electron chi connectivity index (χ0n) is 5.95. The van der Waals surface area contributed by atoms with Crippen molar-refractivity contribution in [2.24, 2.45) is 0 Å². The molecule has 0 heteroatoms. The van der Waals surface area contributed by atoms with Crippen LogP contribution in [-0.4, -0.2) is 0 Å². The van der Waals surface area contributed by atoms with Crippen LogP contribution in [0.25, 0.3) is 0 Å². The van der Waals surface area contributed by atoms with E-state index in [1.165, 1.54) is 19.3 Å². The van der Waals surface area contributed by atoms with Gasteiger partial charge >= 0.3 is 0 Å². The van der Waals surface area contributed by atoms with Gasteiger partial charge in [-0.1, -0.05) is 26.2 Å². The Hall–Kier alpha value is -0.440. The van der Waals surface area contributed by atoms with Crippen LogP contribution in [0.1, 0.15) is 32.1 Å². The minimum atomic E-state index is 1.00. The maximum absolute atomic E-state index is 3.76. The Morgan fingerprint density at radius 3 is 2.44 bits per heavy atom. The molecular weight excluding hydrogens is 108 g/mol. The quantitative estimate of drug-likeness (QED) is 0.397. The van der Waals surface area contributed by atoms with E-state index >= 15 is 0 Å². The van der Waals surface area contributed by atoms with Gasteiger partial charge in [0.2, 0.25) is 0 Å². The van der Waals surface area contributed by atoms with Crippen molar-refractivity contribution in [1.82, 2.24) is 0 Å². The van der Waals surface area contributed by atoms with Crippen molar-refractivity contribution >= 4 is 0 Å². The van der Waals surface area contributed by atoms with Crippen molar-refractivity contribution in [2.75, 3.05) is 0 Å². The molecule has 0 aromatic heterocycles. The Labute approximate surface area is 58.7 Å². The molecule has 0 spiro atoms. The van der Waals surface area contributed by atoms with Crippen LogP contribution in [0.3, 0.4) is 0 Å². The van der Waals surface area contributed by atoms with Gasteiger partial charge in [0.05, 0.1) is 0 Å². The molecule has 0 aliphatic rings. The SMILES string of the molecule is [CH2]C#CCCCCC[CH2]. The molecule has 0 bridgehead atoms. The molecule has 0 amide bonds. The first-order chi connectivity index (χ1) is 4.41.